The van der Waals surface area contributed by atoms with E-state index in [2.05, 4.69) is 10.0 Å². The number of carbonyl (C=O) groups excluding carboxylic acids is 1. The minimum atomic E-state index is -3.79. The third kappa shape index (κ3) is 4.84. The van der Waals surface area contributed by atoms with Gasteiger partial charge in [0.1, 0.15) is 0 Å². The summed E-state index contributed by atoms with van der Waals surface area (Å²) in [6.07, 6.45) is 0. The summed E-state index contributed by atoms with van der Waals surface area (Å²) in [6, 6.07) is 17.2. The number of ether oxygens (including phenoxy) is 2. The molecular weight excluding hydrogens is 428 g/mol. The fourth-order valence-electron chi connectivity index (χ4n) is 2.66. The molecule has 0 saturated carbocycles. The van der Waals surface area contributed by atoms with Gasteiger partial charge in [-0.15, -0.1) is 0 Å². The number of sulfonamides is 1. The van der Waals surface area contributed by atoms with E-state index < -0.39 is 15.9 Å². The average molecular weight is 447 g/mol. The van der Waals surface area contributed by atoms with Crippen molar-refractivity contribution < 1.29 is 22.7 Å². The third-order valence-electron chi connectivity index (χ3n) is 4.17. The molecular formula is C21H19ClN2O5S. The Morgan fingerprint density at radius 3 is 2.23 bits per heavy atom. The molecule has 0 fully saturated rings. The van der Waals surface area contributed by atoms with Gasteiger partial charge in [-0.25, -0.2) is 8.42 Å². The van der Waals surface area contributed by atoms with E-state index in [1.165, 1.54) is 44.6 Å². The number of rotatable bonds is 7. The Bertz CT molecular complexity index is 1170. The van der Waals surface area contributed by atoms with Crippen LogP contribution in [0.5, 0.6) is 11.5 Å². The third-order valence-corrected chi connectivity index (χ3v) is 5.86. The van der Waals surface area contributed by atoms with Crippen molar-refractivity contribution in [1.82, 2.24) is 0 Å². The zero-order chi connectivity index (χ0) is 21.7. The van der Waals surface area contributed by atoms with Gasteiger partial charge in [0.25, 0.3) is 15.9 Å². The van der Waals surface area contributed by atoms with E-state index in [9.17, 15) is 13.2 Å². The van der Waals surface area contributed by atoms with E-state index in [0.29, 0.717) is 17.2 Å². The van der Waals surface area contributed by atoms with Crippen LogP contribution in [0, 0.1) is 0 Å². The van der Waals surface area contributed by atoms with Crippen LogP contribution in [0.15, 0.2) is 71.6 Å². The Labute approximate surface area is 179 Å². The van der Waals surface area contributed by atoms with Crippen LogP contribution in [-0.4, -0.2) is 28.5 Å². The van der Waals surface area contributed by atoms with Crippen LogP contribution in [0.3, 0.4) is 0 Å². The standard InChI is InChI=1S/C21H19ClN2O5S/c1-28-19-11-9-15(13-20(19)29-2)23-21(25)14-8-10-18(17(22)12-14)24-30(26,27)16-6-4-3-5-7-16/h3-13,24H,1-2H3,(H,23,25). The van der Waals surface area contributed by atoms with E-state index >= 15 is 0 Å². The van der Waals surface area contributed by atoms with Crippen LogP contribution in [0.1, 0.15) is 10.4 Å². The van der Waals surface area contributed by atoms with Crippen LogP contribution in [0.2, 0.25) is 5.02 Å². The quantitative estimate of drug-likeness (QED) is 0.560. The van der Waals surface area contributed by atoms with Gasteiger partial charge in [-0.2, -0.15) is 0 Å². The first-order valence-corrected chi connectivity index (χ1v) is 10.6. The molecule has 0 saturated heterocycles. The van der Waals surface area contributed by atoms with Crippen molar-refractivity contribution in [3.05, 3.63) is 77.3 Å². The molecule has 0 spiro atoms. The maximum absolute atomic E-state index is 12.6. The largest absolute Gasteiger partial charge is 0.493 e. The highest BCUT2D eigenvalue weighted by atomic mass is 35.5. The van der Waals surface area contributed by atoms with Crippen LogP contribution >= 0.6 is 11.6 Å². The lowest BCUT2D eigenvalue weighted by Gasteiger charge is -2.12. The maximum Gasteiger partial charge on any atom is 0.261 e. The average Bonchev–Trinajstić information content (AvgIpc) is 2.75. The summed E-state index contributed by atoms with van der Waals surface area (Å²) in [4.78, 5) is 12.7. The lowest BCUT2D eigenvalue weighted by molar-refractivity contribution is 0.102. The molecule has 0 aliphatic heterocycles. The predicted octanol–water partition coefficient (Wildman–Crippen LogP) is 4.41. The number of hydrogen-bond acceptors (Lipinski definition) is 5. The van der Waals surface area contributed by atoms with Crippen LogP contribution < -0.4 is 19.5 Å². The topological polar surface area (TPSA) is 93.7 Å². The summed E-state index contributed by atoms with van der Waals surface area (Å²) in [7, 11) is -0.775. The summed E-state index contributed by atoms with van der Waals surface area (Å²) in [5, 5.41) is 2.83. The molecule has 156 valence electrons. The zero-order valence-corrected chi connectivity index (χ0v) is 17.8. The maximum atomic E-state index is 12.6. The Hall–Kier alpha value is -3.23. The fourth-order valence-corrected chi connectivity index (χ4v) is 4.04. The Morgan fingerprint density at radius 1 is 0.900 bits per heavy atom. The Balaban J connectivity index is 1.77. The molecule has 0 aliphatic carbocycles. The Morgan fingerprint density at radius 2 is 1.60 bits per heavy atom. The van der Waals surface area contributed by atoms with E-state index in [0.717, 1.165) is 0 Å². The molecule has 0 aliphatic rings. The van der Waals surface area contributed by atoms with Gasteiger partial charge in [-0.1, -0.05) is 29.8 Å². The molecule has 3 aromatic rings. The summed E-state index contributed by atoms with van der Waals surface area (Å²) in [5.74, 6) is 0.592. The molecule has 0 heterocycles. The first-order valence-electron chi connectivity index (χ1n) is 8.75. The highest BCUT2D eigenvalue weighted by Crippen LogP contribution is 2.30. The molecule has 1 amide bonds. The van der Waals surface area contributed by atoms with Crippen LogP contribution in [0.4, 0.5) is 11.4 Å². The van der Waals surface area contributed by atoms with Gasteiger partial charge >= 0.3 is 0 Å². The van der Waals surface area contributed by atoms with Crippen LogP contribution in [-0.2, 0) is 10.0 Å². The second kappa shape index (κ2) is 9.06. The predicted molar refractivity (Wildman–Crippen MR) is 116 cm³/mol. The van der Waals surface area contributed by atoms with Crippen molar-refractivity contribution in [2.75, 3.05) is 24.3 Å². The van der Waals surface area contributed by atoms with Crippen molar-refractivity contribution in [2.45, 2.75) is 4.90 Å². The van der Waals surface area contributed by atoms with Crippen molar-refractivity contribution >= 4 is 38.9 Å². The van der Waals surface area contributed by atoms with Crippen molar-refractivity contribution in [1.29, 1.82) is 0 Å². The highest BCUT2D eigenvalue weighted by Gasteiger charge is 2.17. The van der Waals surface area contributed by atoms with Gasteiger partial charge < -0.3 is 14.8 Å². The van der Waals surface area contributed by atoms with Crippen LogP contribution in [0.25, 0.3) is 0 Å². The molecule has 0 aromatic heterocycles. The monoisotopic (exact) mass is 446 g/mol. The molecule has 9 heteroatoms. The van der Waals surface area contributed by atoms with Gasteiger partial charge in [0.2, 0.25) is 0 Å². The van der Waals surface area contributed by atoms with Gasteiger partial charge in [0.15, 0.2) is 11.5 Å². The minimum Gasteiger partial charge on any atom is -0.493 e. The number of anilines is 2. The second-order valence-electron chi connectivity index (χ2n) is 6.14. The molecule has 3 aromatic carbocycles. The first-order chi connectivity index (χ1) is 14.3. The van der Waals surface area contributed by atoms with Gasteiger partial charge in [0.05, 0.1) is 29.8 Å². The Kier molecular flexibility index (Phi) is 6.49. The van der Waals surface area contributed by atoms with Crippen molar-refractivity contribution in [3.8, 4) is 11.5 Å². The zero-order valence-electron chi connectivity index (χ0n) is 16.2. The number of methoxy groups -OCH3 is 2. The van der Waals surface area contributed by atoms with E-state index in [1.807, 2.05) is 0 Å². The smallest absolute Gasteiger partial charge is 0.261 e. The van der Waals surface area contributed by atoms with E-state index in [4.69, 9.17) is 21.1 Å². The molecule has 2 N–H and O–H groups in total. The highest BCUT2D eigenvalue weighted by molar-refractivity contribution is 7.92. The second-order valence-corrected chi connectivity index (χ2v) is 8.23. The molecule has 0 radical (unpaired) electrons. The van der Waals surface area contributed by atoms with Gasteiger partial charge in [-0.3, -0.25) is 9.52 Å². The lowest BCUT2D eigenvalue weighted by atomic mass is 10.2. The molecule has 0 atom stereocenters. The van der Waals surface area contributed by atoms with Gasteiger partial charge in [-0.05, 0) is 42.5 Å². The lowest BCUT2D eigenvalue weighted by Crippen LogP contribution is -2.14. The molecule has 3 rings (SSSR count). The molecule has 0 bridgehead atoms. The number of hydrogen-bond donors (Lipinski definition) is 2. The summed E-state index contributed by atoms with van der Waals surface area (Å²) < 4.78 is 37.7. The number of carbonyl (C=O) groups is 1. The van der Waals surface area contributed by atoms with Crippen molar-refractivity contribution in [3.63, 3.8) is 0 Å². The normalized spacial score (nSPS) is 10.9. The van der Waals surface area contributed by atoms with E-state index in [1.54, 1.807) is 36.4 Å². The number of benzene rings is 3. The molecule has 0 unspecified atom stereocenters. The first kappa shape index (κ1) is 21.5. The molecule has 30 heavy (non-hydrogen) atoms. The number of amides is 1. The fraction of sp³-hybridized carbons (Fsp3) is 0.0952. The SMILES string of the molecule is COc1ccc(NC(=O)c2ccc(NS(=O)(=O)c3ccccc3)c(Cl)c2)cc1OC. The van der Waals surface area contributed by atoms with E-state index in [-0.39, 0.29) is 21.2 Å². The minimum absolute atomic E-state index is 0.0921. The number of halogens is 1. The number of nitrogens with one attached hydrogen (secondary N) is 2. The molecule has 7 nitrogen and oxygen atoms in total. The summed E-state index contributed by atoms with van der Waals surface area (Å²) in [6.45, 7) is 0. The summed E-state index contributed by atoms with van der Waals surface area (Å²) >= 11 is 6.21. The van der Waals surface area contributed by atoms with Crippen molar-refractivity contribution in [2.24, 2.45) is 0 Å². The summed E-state index contributed by atoms with van der Waals surface area (Å²) in [5.41, 5.74) is 0.934. The van der Waals surface area contributed by atoms with Gasteiger partial charge in [0, 0.05) is 17.3 Å².